The molecule has 1 unspecified atom stereocenters. The average molecular weight is 106 g/mol. The lowest BCUT2D eigenvalue weighted by Gasteiger charge is -1.80. The fourth-order valence-corrected chi connectivity index (χ4v) is 0.615. The highest BCUT2D eigenvalue weighted by atomic mass is 32.2. The summed E-state index contributed by atoms with van der Waals surface area (Å²) in [7, 11) is 0. The standard InChI is InChI=1S/C2H3FN2S/c3-2-5-4-1-6-2/h2H,1H2. The largest absolute Gasteiger partial charge is 0.257 e. The van der Waals surface area contributed by atoms with Gasteiger partial charge in [0.25, 0.3) is 5.63 Å². The number of halogens is 1. The molecule has 0 saturated carbocycles. The van der Waals surface area contributed by atoms with Gasteiger partial charge in [-0.1, -0.05) is 11.8 Å². The van der Waals surface area contributed by atoms with Gasteiger partial charge < -0.3 is 0 Å². The number of hydrogen-bond donors (Lipinski definition) is 0. The molecule has 34 valence electrons. The maximum atomic E-state index is 11.6. The van der Waals surface area contributed by atoms with Gasteiger partial charge in [-0.3, -0.25) is 0 Å². The van der Waals surface area contributed by atoms with Crippen LogP contribution in [0.5, 0.6) is 0 Å². The minimum absolute atomic E-state index is 0.487. The Morgan fingerprint density at radius 1 is 1.83 bits per heavy atom. The van der Waals surface area contributed by atoms with E-state index in [0.717, 1.165) is 11.8 Å². The predicted octanol–water partition coefficient (Wildman–Crippen LogP) is 1.40. The SMILES string of the molecule is FC1N=NCS1. The zero-order valence-corrected chi connectivity index (χ0v) is 3.78. The molecule has 1 aliphatic rings. The maximum absolute atomic E-state index is 11.6. The lowest BCUT2D eigenvalue weighted by Crippen LogP contribution is -1.75. The van der Waals surface area contributed by atoms with Gasteiger partial charge in [-0.2, -0.15) is 5.11 Å². The first-order valence-corrected chi connectivity index (χ1v) is 2.57. The van der Waals surface area contributed by atoms with Crippen molar-refractivity contribution in [2.45, 2.75) is 5.63 Å². The predicted molar refractivity (Wildman–Crippen MR) is 22.2 cm³/mol. The minimum Gasteiger partial charge on any atom is -0.207 e. The van der Waals surface area contributed by atoms with Crippen LogP contribution in [0.15, 0.2) is 10.2 Å². The number of hydrogen-bond acceptors (Lipinski definition) is 3. The van der Waals surface area contributed by atoms with Crippen molar-refractivity contribution in [3.63, 3.8) is 0 Å². The van der Waals surface area contributed by atoms with Crippen LogP contribution in [0.25, 0.3) is 0 Å². The van der Waals surface area contributed by atoms with Crippen LogP contribution in [0, 0.1) is 0 Å². The van der Waals surface area contributed by atoms with E-state index in [4.69, 9.17) is 0 Å². The van der Waals surface area contributed by atoms with Gasteiger partial charge in [0.15, 0.2) is 0 Å². The Bertz CT molecular complexity index is 73.9. The molecule has 1 atom stereocenters. The summed E-state index contributed by atoms with van der Waals surface area (Å²) in [4.78, 5) is 0. The highest BCUT2D eigenvalue weighted by Crippen LogP contribution is 2.19. The Morgan fingerprint density at radius 3 is 2.83 bits per heavy atom. The third-order valence-corrected chi connectivity index (χ3v) is 1.08. The smallest absolute Gasteiger partial charge is 0.207 e. The van der Waals surface area contributed by atoms with Gasteiger partial charge in [-0.05, 0) is 0 Å². The zero-order valence-electron chi connectivity index (χ0n) is 2.97. The Kier molecular flexibility index (Phi) is 1.05. The molecule has 0 aromatic carbocycles. The van der Waals surface area contributed by atoms with Crippen molar-refractivity contribution in [3.8, 4) is 0 Å². The van der Waals surface area contributed by atoms with E-state index in [1.807, 2.05) is 0 Å². The fraction of sp³-hybridized carbons (Fsp3) is 1.00. The number of alkyl halides is 1. The second kappa shape index (κ2) is 1.55. The highest BCUT2D eigenvalue weighted by Gasteiger charge is 2.07. The summed E-state index contributed by atoms with van der Waals surface area (Å²) in [5, 5.41) is 6.53. The van der Waals surface area contributed by atoms with Crippen LogP contribution in [0.2, 0.25) is 0 Å². The van der Waals surface area contributed by atoms with Crippen molar-refractivity contribution >= 4 is 11.8 Å². The summed E-state index contributed by atoms with van der Waals surface area (Å²) >= 11 is 1.10. The van der Waals surface area contributed by atoms with Crippen LogP contribution >= 0.6 is 11.8 Å². The van der Waals surface area contributed by atoms with Crippen molar-refractivity contribution in [1.82, 2.24) is 0 Å². The van der Waals surface area contributed by atoms with E-state index in [-0.39, 0.29) is 0 Å². The van der Waals surface area contributed by atoms with Crippen LogP contribution in [-0.2, 0) is 0 Å². The molecule has 0 bridgehead atoms. The molecule has 0 aromatic rings. The lowest BCUT2D eigenvalue weighted by atomic mass is 11.4. The fourth-order valence-electron chi connectivity index (χ4n) is 0.226. The summed E-state index contributed by atoms with van der Waals surface area (Å²) in [5.41, 5.74) is -1.08. The topological polar surface area (TPSA) is 24.7 Å². The van der Waals surface area contributed by atoms with Crippen LogP contribution in [0.3, 0.4) is 0 Å². The normalized spacial score (nSPS) is 31.8. The number of azo groups is 1. The highest BCUT2D eigenvalue weighted by molar-refractivity contribution is 7.99. The van der Waals surface area contributed by atoms with Crippen molar-refractivity contribution < 1.29 is 4.39 Å². The molecule has 0 fully saturated rings. The van der Waals surface area contributed by atoms with E-state index >= 15 is 0 Å². The average Bonchev–Trinajstić information content (AvgIpc) is 1.86. The quantitative estimate of drug-likeness (QED) is 0.428. The van der Waals surface area contributed by atoms with E-state index in [1.165, 1.54) is 0 Å². The first kappa shape index (κ1) is 4.05. The molecule has 1 aliphatic heterocycles. The molecule has 1 rings (SSSR count). The third kappa shape index (κ3) is 0.680. The third-order valence-electron chi connectivity index (χ3n) is 0.442. The Hall–Kier alpha value is -0.120. The van der Waals surface area contributed by atoms with Gasteiger partial charge in [-0.15, -0.1) is 5.11 Å². The van der Waals surface area contributed by atoms with Crippen LogP contribution in [0.1, 0.15) is 0 Å². The molecule has 0 N–H and O–H groups in total. The molecule has 1 heterocycles. The second-order valence-electron chi connectivity index (χ2n) is 0.845. The Morgan fingerprint density at radius 2 is 2.67 bits per heavy atom. The molecule has 4 heteroatoms. The summed E-state index contributed by atoms with van der Waals surface area (Å²) in [5.74, 6) is 0.487. The Labute approximate surface area is 38.8 Å². The molecular formula is C2H3FN2S. The summed E-state index contributed by atoms with van der Waals surface area (Å²) in [6.45, 7) is 0. The van der Waals surface area contributed by atoms with Gasteiger partial charge in [-0.25, -0.2) is 4.39 Å². The van der Waals surface area contributed by atoms with Crippen molar-refractivity contribution in [2.75, 3.05) is 5.88 Å². The van der Waals surface area contributed by atoms with Crippen LogP contribution in [-0.4, -0.2) is 11.5 Å². The summed E-state index contributed by atoms with van der Waals surface area (Å²) < 4.78 is 11.6. The lowest BCUT2D eigenvalue weighted by molar-refractivity contribution is 0.461. The molecule has 0 saturated heterocycles. The van der Waals surface area contributed by atoms with Crippen molar-refractivity contribution in [2.24, 2.45) is 10.2 Å². The van der Waals surface area contributed by atoms with Crippen molar-refractivity contribution in [3.05, 3.63) is 0 Å². The van der Waals surface area contributed by atoms with Gasteiger partial charge in [0.05, 0.1) is 0 Å². The molecule has 2 nitrogen and oxygen atoms in total. The van der Waals surface area contributed by atoms with Crippen molar-refractivity contribution in [1.29, 1.82) is 0 Å². The molecule has 0 aliphatic carbocycles. The molecule has 0 spiro atoms. The van der Waals surface area contributed by atoms with E-state index < -0.39 is 5.63 Å². The molecule has 0 radical (unpaired) electrons. The second-order valence-corrected chi connectivity index (χ2v) is 1.83. The number of thioether (sulfide) groups is 1. The number of rotatable bonds is 0. The molecule has 0 amide bonds. The van der Waals surface area contributed by atoms with Gasteiger partial charge in [0.2, 0.25) is 0 Å². The van der Waals surface area contributed by atoms with E-state index in [9.17, 15) is 4.39 Å². The van der Waals surface area contributed by atoms with Gasteiger partial charge >= 0.3 is 0 Å². The monoisotopic (exact) mass is 106 g/mol. The molecule has 0 aromatic heterocycles. The zero-order chi connectivity index (χ0) is 4.41. The van der Waals surface area contributed by atoms with Gasteiger partial charge in [0.1, 0.15) is 5.88 Å². The Balaban J connectivity index is 2.38. The number of nitrogens with zero attached hydrogens (tertiary/aromatic N) is 2. The van der Waals surface area contributed by atoms with Crippen LogP contribution in [0.4, 0.5) is 4.39 Å². The molecular weight excluding hydrogens is 103 g/mol. The first-order valence-electron chi connectivity index (χ1n) is 1.52. The van der Waals surface area contributed by atoms with E-state index in [2.05, 4.69) is 10.2 Å². The van der Waals surface area contributed by atoms with E-state index in [0.29, 0.717) is 5.88 Å². The maximum Gasteiger partial charge on any atom is 0.257 e. The van der Waals surface area contributed by atoms with Gasteiger partial charge in [0, 0.05) is 0 Å². The summed E-state index contributed by atoms with van der Waals surface area (Å²) in [6, 6.07) is 0. The van der Waals surface area contributed by atoms with Crippen LogP contribution < -0.4 is 0 Å². The van der Waals surface area contributed by atoms with E-state index in [1.54, 1.807) is 0 Å². The molecule has 6 heavy (non-hydrogen) atoms. The first-order chi connectivity index (χ1) is 2.89. The summed E-state index contributed by atoms with van der Waals surface area (Å²) in [6.07, 6.45) is 0. The minimum atomic E-state index is -1.08.